The van der Waals surface area contributed by atoms with E-state index in [2.05, 4.69) is 4.98 Å². The molecule has 0 bridgehead atoms. The van der Waals surface area contributed by atoms with Gasteiger partial charge >= 0.3 is 0 Å². The van der Waals surface area contributed by atoms with Crippen molar-refractivity contribution in [3.8, 4) is 0 Å². The van der Waals surface area contributed by atoms with Crippen LogP contribution in [0.4, 0.5) is 10.1 Å². The largest absolute Gasteiger partial charge is 0.396 e. The number of nitrogens with two attached hydrogens (primary N) is 1. The van der Waals surface area contributed by atoms with Gasteiger partial charge in [0.15, 0.2) is 5.82 Å². The van der Waals surface area contributed by atoms with Crippen LogP contribution in [0.15, 0.2) is 23.2 Å². The zero-order valence-electron chi connectivity index (χ0n) is 11.3. The Kier molecular flexibility index (Phi) is 4.52. The number of benzene rings is 1. The molecule has 0 atom stereocenters. The molecule has 0 aliphatic rings. The minimum atomic E-state index is -4.03. The van der Waals surface area contributed by atoms with Crippen LogP contribution in [0.5, 0.6) is 0 Å². The number of anilines is 1. The van der Waals surface area contributed by atoms with Crippen molar-refractivity contribution in [2.24, 2.45) is 0 Å². The molecule has 0 aliphatic heterocycles. The number of thiazole rings is 1. The van der Waals surface area contributed by atoms with Crippen LogP contribution in [0.3, 0.4) is 0 Å². The summed E-state index contributed by atoms with van der Waals surface area (Å²) in [5.74, 6) is -0.994. The smallest absolute Gasteiger partial charge is 0.246 e. The second-order valence-electron chi connectivity index (χ2n) is 4.41. The van der Waals surface area contributed by atoms with E-state index in [4.69, 9.17) is 17.3 Å². The molecule has 1 aromatic heterocycles. The summed E-state index contributed by atoms with van der Waals surface area (Å²) in [7, 11) is -2.67. The maximum Gasteiger partial charge on any atom is 0.246 e. The fourth-order valence-corrected chi connectivity index (χ4v) is 4.21. The zero-order chi connectivity index (χ0) is 15.8. The molecule has 0 aliphatic carbocycles. The highest BCUT2D eigenvalue weighted by Crippen LogP contribution is 2.28. The van der Waals surface area contributed by atoms with Gasteiger partial charge in [0.2, 0.25) is 10.0 Å². The lowest BCUT2D eigenvalue weighted by atomic mass is 10.3. The van der Waals surface area contributed by atoms with Crippen LogP contribution in [-0.2, 0) is 16.6 Å². The first-order valence-corrected chi connectivity index (χ1v) is 8.47. The SMILES string of the molecule is Cc1ncc(CN(C)S(=O)(=O)c2cc(Cl)cc(N)c2F)s1. The van der Waals surface area contributed by atoms with Gasteiger partial charge < -0.3 is 5.73 Å². The molecule has 0 radical (unpaired) electrons. The molecule has 0 fully saturated rings. The Balaban J connectivity index is 2.37. The van der Waals surface area contributed by atoms with Gasteiger partial charge in [0.05, 0.1) is 10.7 Å². The molecule has 1 aromatic carbocycles. The lowest BCUT2D eigenvalue weighted by Gasteiger charge is -2.17. The van der Waals surface area contributed by atoms with Gasteiger partial charge in [0, 0.05) is 29.7 Å². The first-order chi connectivity index (χ1) is 9.71. The van der Waals surface area contributed by atoms with Gasteiger partial charge in [0.1, 0.15) is 4.90 Å². The van der Waals surface area contributed by atoms with Crippen molar-refractivity contribution in [2.75, 3.05) is 12.8 Å². The monoisotopic (exact) mass is 349 g/mol. The van der Waals surface area contributed by atoms with Gasteiger partial charge in [-0.2, -0.15) is 4.31 Å². The van der Waals surface area contributed by atoms with E-state index in [0.29, 0.717) is 0 Å². The summed E-state index contributed by atoms with van der Waals surface area (Å²) in [5, 5.41) is 0.892. The molecule has 21 heavy (non-hydrogen) atoms. The number of hydrogen-bond acceptors (Lipinski definition) is 5. The van der Waals surface area contributed by atoms with E-state index in [-0.39, 0.29) is 17.3 Å². The first kappa shape index (κ1) is 16.2. The summed E-state index contributed by atoms with van der Waals surface area (Å²) >= 11 is 7.13. The Bertz CT molecular complexity index is 777. The molecule has 0 saturated heterocycles. The van der Waals surface area contributed by atoms with E-state index in [1.165, 1.54) is 24.5 Å². The number of hydrogen-bond donors (Lipinski definition) is 1. The van der Waals surface area contributed by atoms with Crippen LogP contribution < -0.4 is 5.73 Å². The first-order valence-electron chi connectivity index (χ1n) is 5.84. The number of aromatic nitrogens is 1. The fourth-order valence-electron chi connectivity index (χ4n) is 1.72. The highest BCUT2D eigenvalue weighted by Gasteiger charge is 2.27. The third kappa shape index (κ3) is 3.34. The summed E-state index contributed by atoms with van der Waals surface area (Å²) in [6.07, 6.45) is 1.59. The average molecular weight is 350 g/mol. The zero-order valence-corrected chi connectivity index (χ0v) is 13.7. The van der Waals surface area contributed by atoms with E-state index in [1.807, 2.05) is 6.92 Å². The van der Waals surface area contributed by atoms with Gasteiger partial charge in [-0.15, -0.1) is 11.3 Å². The van der Waals surface area contributed by atoms with Crippen molar-refractivity contribution in [3.63, 3.8) is 0 Å². The minimum Gasteiger partial charge on any atom is -0.396 e. The number of rotatable bonds is 4. The molecular formula is C12H13ClFN3O2S2. The molecule has 114 valence electrons. The number of nitrogens with zero attached hydrogens (tertiary/aromatic N) is 2. The van der Waals surface area contributed by atoms with E-state index in [1.54, 1.807) is 6.20 Å². The van der Waals surface area contributed by atoms with E-state index in [0.717, 1.165) is 20.3 Å². The maximum atomic E-state index is 14.0. The second-order valence-corrected chi connectivity index (χ2v) is 8.18. The topological polar surface area (TPSA) is 76.3 Å². The highest BCUT2D eigenvalue weighted by molar-refractivity contribution is 7.89. The summed E-state index contributed by atoms with van der Waals surface area (Å²) in [5.41, 5.74) is 5.12. The van der Waals surface area contributed by atoms with Crippen molar-refractivity contribution >= 4 is 38.6 Å². The van der Waals surface area contributed by atoms with E-state index < -0.39 is 20.7 Å². The molecule has 5 nitrogen and oxygen atoms in total. The molecule has 9 heteroatoms. The van der Waals surface area contributed by atoms with Crippen molar-refractivity contribution in [3.05, 3.63) is 39.1 Å². The van der Waals surface area contributed by atoms with Gasteiger partial charge in [-0.3, -0.25) is 0 Å². The Morgan fingerprint density at radius 1 is 1.48 bits per heavy atom. The van der Waals surface area contributed by atoms with Gasteiger partial charge in [-0.05, 0) is 19.1 Å². The number of halogens is 2. The summed E-state index contributed by atoms with van der Waals surface area (Å²) in [4.78, 5) is 4.28. The molecule has 0 unspecified atom stereocenters. The Morgan fingerprint density at radius 2 is 2.14 bits per heavy atom. The molecule has 2 aromatic rings. The summed E-state index contributed by atoms with van der Waals surface area (Å²) in [6, 6.07) is 2.22. The number of sulfonamides is 1. The minimum absolute atomic E-state index is 0.0644. The van der Waals surface area contributed by atoms with Crippen LogP contribution in [0.1, 0.15) is 9.88 Å². The van der Waals surface area contributed by atoms with Crippen LogP contribution in [0.25, 0.3) is 0 Å². The summed E-state index contributed by atoms with van der Waals surface area (Å²) in [6.45, 7) is 1.92. The molecule has 0 saturated carbocycles. The predicted molar refractivity (Wildman–Crippen MR) is 81.3 cm³/mol. The molecule has 2 rings (SSSR count). The molecular weight excluding hydrogens is 337 g/mol. The molecule has 1 heterocycles. The Morgan fingerprint density at radius 3 is 2.71 bits per heavy atom. The van der Waals surface area contributed by atoms with Crippen LogP contribution in [-0.4, -0.2) is 24.8 Å². The Labute approximate surface area is 131 Å². The third-order valence-electron chi connectivity index (χ3n) is 2.77. The molecule has 0 amide bonds. The summed E-state index contributed by atoms with van der Waals surface area (Å²) < 4.78 is 39.9. The van der Waals surface area contributed by atoms with Crippen LogP contribution in [0, 0.1) is 12.7 Å². The quantitative estimate of drug-likeness (QED) is 0.861. The Hall–Kier alpha value is -1.22. The van der Waals surface area contributed by atoms with Crippen LogP contribution >= 0.6 is 22.9 Å². The lowest BCUT2D eigenvalue weighted by Crippen LogP contribution is -2.27. The van der Waals surface area contributed by atoms with Gasteiger partial charge in [-0.25, -0.2) is 17.8 Å². The van der Waals surface area contributed by atoms with Crippen LogP contribution in [0.2, 0.25) is 5.02 Å². The van der Waals surface area contributed by atoms with Gasteiger partial charge in [0.25, 0.3) is 0 Å². The van der Waals surface area contributed by atoms with Crippen molar-refractivity contribution in [2.45, 2.75) is 18.4 Å². The van der Waals surface area contributed by atoms with Crippen molar-refractivity contribution in [1.82, 2.24) is 9.29 Å². The number of nitrogen functional groups attached to an aromatic ring is 1. The molecule has 2 N–H and O–H groups in total. The van der Waals surface area contributed by atoms with Crippen molar-refractivity contribution in [1.29, 1.82) is 0 Å². The van der Waals surface area contributed by atoms with Gasteiger partial charge in [-0.1, -0.05) is 11.6 Å². The van der Waals surface area contributed by atoms with E-state index in [9.17, 15) is 12.8 Å². The van der Waals surface area contributed by atoms with Crippen molar-refractivity contribution < 1.29 is 12.8 Å². The molecule has 0 spiro atoms. The predicted octanol–water partition coefficient (Wildman–Crippen LogP) is 2.65. The van der Waals surface area contributed by atoms with E-state index >= 15 is 0 Å². The normalized spacial score (nSPS) is 12.0. The fraction of sp³-hybridized carbons (Fsp3) is 0.250. The lowest BCUT2D eigenvalue weighted by molar-refractivity contribution is 0.462. The average Bonchev–Trinajstić information content (AvgIpc) is 2.79. The highest BCUT2D eigenvalue weighted by atomic mass is 35.5. The number of aryl methyl sites for hydroxylation is 1. The maximum absolute atomic E-state index is 14.0. The third-order valence-corrected chi connectivity index (χ3v) is 5.69. The second kappa shape index (κ2) is 5.88. The standard InChI is InChI=1S/C12H13ClFN3O2S2/c1-7-16-5-9(20-7)6-17(2)21(18,19)11-4-8(13)3-10(15)12(11)14/h3-5H,6,15H2,1-2H3.